The van der Waals surface area contributed by atoms with Gasteiger partial charge >= 0.3 is 0 Å². The van der Waals surface area contributed by atoms with Crippen LogP contribution in [0.5, 0.6) is 5.88 Å². The highest BCUT2D eigenvalue weighted by molar-refractivity contribution is 7.92. The second kappa shape index (κ2) is 6.44. The molecule has 0 radical (unpaired) electrons. The number of methoxy groups -OCH3 is 1. The highest BCUT2D eigenvalue weighted by Gasteiger charge is 2.23. The Labute approximate surface area is 138 Å². The summed E-state index contributed by atoms with van der Waals surface area (Å²) < 4.78 is 45.9. The lowest BCUT2D eigenvalue weighted by Crippen LogP contribution is -2.16. The van der Waals surface area contributed by atoms with Crippen molar-refractivity contribution in [3.63, 3.8) is 0 Å². The van der Waals surface area contributed by atoms with E-state index >= 15 is 0 Å². The second-order valence-corrected chi connectivity index (χ2v) is 6.59. The van der Waals surface area contributed by atoms with Crippen molar-refractivity contribution >= 4 is 27.3 Å². The number of rotatable bonds is 4. The molecule has 0 saturated heterocycles. The topological polar surface area (TPSA) is 68.3 Å². The Kier molecular flexibility index (Phi) is 4.78. The van der Waals surface area contributed by atoms with Gasteiger partial charge in [0.1, 0.15) is 5.82 Å². The Bertz CT molecular complexity index is 908. The van der Waals surface area contributed by atoms with Gasteiger partial charge in [-0.3, -0.25) is 4.72 Å². The van der Waals surface area contributed by atoms with Crippen LogP contribution in [0.3, 0.4) is 0 Å². The molecule has 8 heteroatoms. The number of nitrogens with one attached hydrogen (secondary N) is 1. The van der Waals surface area contributed by atoms with E-state index in [0.29, 0.717) is 5.56 Å². The van der Waals surface area contributed by atoms with Crippen LogP contribution >= 0.6 is 11.6 Å². The lowest BCUT2D eigenvalue weighted by molar-refractivity contribution is 0.385. The van der Waals surface area contributed by atoms with E-state index in [4.69, 9.17) is 22.8 Å². The molecule has 0 saturated carbocycles. The van der Waals surface area contributed by atoms with E-state index in [2.05, 4.69) is 15.6 Å². The maximum Gasteiger partial charge on any atom is 0.267 e. The smallest absolute Gasteiger partial charge is 0.267 e. The van der Waals surface area contributed by atoms with E-state index < -0.39 is 15.8 Å². The van der Waals surface area contributed by atoms with Gasteiger partial charge in [-0.05, 0) is 30.7 Å². The van der Waals surface area contributed by atoms with Crippen molar-refractivity contribution < 1.29 is 17.5 Å². The standard InChI is InChI=1S/C15H12ClFN2O3S/c1-4-11-9(2)13(6-5-12(11)17)19-23(20,21)14-7-10(16)8-18-15(14)22-3/h1,5-8,19H,2-3H3. The molecule has 23 heavy (non-hydrogen) atoms. The summed E-state index contributed by atoms with van der Waals surface area (Å²) in [7, 11) is -2.77. The zero-order valence-electron chi connectivity index (χ0n) is 12.2. The molecule has 0 fully saturated rings. The van der Waals surface area contributed by atoms with Crippen molar-refractivity contribution in [3.8, 4) is 18.2 Å². The monoisotopic (exact) mass is 354 g/mol. The first-order valence-electron chi connectivity index (χ1n) is 6.28. The molecule has 0 amide bonds. The number of ether oxygens (including phenoxy) is 1. The van der Waals surface area contributed by atoms with Crippen LogP contribution in [0.15, 0.2) is 29.3 Å². The molecule has 2 aromatic rings. The highest BCUT2D eigenvalue weighted by atomic mass is 35.5. The Morgan fingerprint density at radius 3 is 2.74 bits per heavy atom. The Morgan fingerprint density at radius 2 is 2.13 bits per heavy atom. The van der Waals surface area contributed by atoms with Crippen LogP contribution < -0.4 is 9.46 Å². The summed E-state index contributed by atoms with van der Waals surface area (Å²) in [5, 5.41) is 0.131. The third-order valence-electron chi connectivity index (χ3n) is 3.07. The van der Waals surface area contributed by atoms with Crippen LogP contribution in [0.25, 0.3) is 0 Å². The predicted octanol–water partition coefficient (Wildman–Crippen LogP) is 2.97. The van der Waals surface area contributed by atoms with Crippen molar-refractivity contribution in [2.75, 3.05) is 11.8 Å². The summed E-state index contributed by atoms with van der Waals surface area (Å²) in [5.74, 6) is 1.48. The van der Waals surface area contributed by atoms with Crippen molar-refractivity contribution in [2.24, 2.45) is 0 Å². The quantitative estimate of drug-likeness (QED) is 0.857. The normalized spacial score (nSPS) is 10.9. The number of sulfonamides is 1. The average molecular weight is 355 g/mol. The SMILES string of the molecule is C#Cc1c(F)ccc(NS(=O)(=O)c2cc(Cl)cnc2OC)c1C. The predicted molar refractivity (Wildman–Crippen MR) is 85.7 cm³/mol. The molecular weight excluding hydrogens is 343 g/mol. The van der Waals surface area contributed by atoms with Gasteiger partial charge in [-0.1, -0.05) is 17.5 Å². The van der Waals surface area contributed by atoms with Gasteiger partial charge in [-0.2, -0.15) is 0 Å². The Morgan fingerprint density at radius 1 is 1.43 bits per heavy atom. The lowest BCUT2D eigenvalue weighted by Gasteiger charge is -2.14. The van der Waals surface area contributed by atoms with Gasteiger partial charge in [-0.15, -0.1) is 6.42 Å². The summed E-state index contributed by atoms with van der Waals surface area (Å²) in [4.78, 5) is 3.57. The van der Waals surface area contributed by atoms with E-state index in [1.165, 1.54) is 32.4 Å². The highest BCUT2D eigenvalue weighted by Crippen LogP contribution is 2.28. The van der Waals surface area contributed by atoms with Gasteiger partial charge in [0.15, 0.2) is 4.90 Å². The number of anilines is 1. The maximum atomic E-state index is 13.6. The molecule has 120 valence electrons. The Balaban J connectivity index is 2.52. The minimum atomic E-state index is -4.05. The van der Waals surface area contributed by atoms with E-state index in [-0.39, 0.29) is 27.0 Å². The van der Waals surface area contributed by atoms with Gasteiger partial charge in [0.25, 0.3) is 10.0 Å². The fourth-order valence-corrected chi connectivity index (χ4v) is 3.41. The van der Waals surface area contributed by atoms with Crippen LogP contribution in [0.4, 0.5) is 10.1 Å². The largest absolute Gasteiger partial charge is 0.480 e. The molecule has 0 bridgehead atoms. The van der Waals surface area contributed by atoms with Crippen LogP contribution in [0.2, 0.25) is 5.02 Å². The van der Waals surface area contributed by atoms with Crippen LogP contribution in [-0.4, -0.2) is 20.5 Å². The van der Waals surface area contributed by atoms with Gasteiger partial charge in [0.2, 0.25) is 5.88 Å². The molecular formula is C15H12ClFN2O3S. The molecule has 5 nitrogen and oxygen atoms in total. The number of benzene rings is 1. The van der Waals surface area contributed by atoms with E-state index in [1.54, 1.807) is 0 Å². The second-order valence-electron chi connectivity index (χ2n) is 4.51. The first-order chi connectivity index (χ1) is 10.8. The summed E-state index contributed by atoms with van der Waals surface area (Å²) in [6, 6.07) is 3.58. The van der Waals surface area contributed by atoms with E-state index in [9.17, 15) is 12.8 Å². The zero-order valence-corrected chi connectivity index (χ0v) is 13.8. The first kappa shape index (κ1) is 17.1. The summed E-state index contributed by atoms with van der Waals surface area (Å²) >= 11 is 5.80. The van der Waals surface area contributed by atoms with Crippen molar-refractivity contribution in [1.82, 2.24) is 4.98 Å². The third-order valence-corrected chi connectivity index (χ3v) is 4.64. The van der Waals surface area contributed by atoms with E-state index in [0.717, 1.165) is 6.07 Å². The minimum Gasteiger partial charge on any atom is -0.480 e. The zero-order chi connectivity index (χ0) is 17.2. The average Bonchev–Trinajstić information content (AvgIpc) is 2.50. The van der Waals surface area contributed by atoms with Gasteiger partial charge in [-0.25, -0.2) is 17.8 Å². The lowest BCUT2D eigenvalue weighted by atomic mass is 10.1. The number of terminal acetylenes is 1. The van der Waals surface area contributed by atoms with Gasteiger partial charge < -0.3 is 4.74 Å². The summed E-state index contributed by atoms with van der Waals surface area (Å²) in [6.07, 6.45) is 6.51. The third kappa shape index (κ3) is 3.38. The van der Waals surface area contributed by atoms with Gasteiger partial charge in [0, 0.05) is 6.20 Å². The number of nitrogens with zero attached hydrogens (tertiary/aromatic N) is 1. The number of pyridine rings is 1. The molecule has 0 spiro atoms. The molecule has 1 heterocycles. The van der Waals surface area contributed by atoms with Crippen LogP contribution in [-0.2, 0) is 10.0 Å². The fraction of sp³-hybridized carbons (Fsp3) is 0.133. The van der Waals surface area contributed by atoms with Crippen molar-refractivity contribution in [1.29, 1.82) is 0 Å². The molecule has 0 aliphatic heterocycles. The Hall–Kier alpha value is -2.30. The fourth-order valence-electron chi connectivity index (χ4n) is 1.92. The number of aromatic nitrogens is 1. The molecule has 1 N–H and O–H groups in total. The summed E-state index contributed by atoms with van der Waals surface area (Å²) in [6.45, 7) is 1.52. The summed E-state index contributed by atoms with van der Waals surface area (Å²) in [5.41, 5.74) is 0.438. The minimum absolute atomic E-state index is 0.0126. The molecule has 0 unspecified atom stereocenters. The molecule has 1 aromatic carbocycles. The first-order valence-corrected chi connectivity index (χ1v) is 8.14. The van der Waals surface area contributed by atoms with Crippen molar-refractivity contribution in [2.45, 2.75) is 11.8 Å². The number of hydrogen-bond acceptors (Lipinski definition) is 4. The molecule has 0 aliphatic carbocycles. The number of hydrogen-bond donors (Lipinski definition) is 1. The van der Waals surface area contributed by atoms with Crippen LogP contribution in [0, 0.1) is 25.1 Å². The van der Waals surface area contributed by atoms with Gasteiger partial charge in [0.05, 0.1) is 23.4 Å². The van der Waals surface area contributed by atoms with Crippen molar-refractivity contribution in [3.05, 3.63) is 46.4 Å². The van der Waals surface area contributed by atoms with Crippen LogP contribution in [0.1, 0.15) is 11.1 Å². The molecule has 2 rings (SSSR count). The maximum absolute atomic E-state index is 13.6. The molecule has 0 atom stereocenters. The molecule has 0 aliphatic rings. The number of halogens is 2. The van der Waals surface area contributed by atoms with E-state index in [1.807, 2.05) is 0 Å². The molecule has 1 aromatic heterocycles.